The van der Waals surface area contributed by atoms with Gasteiger partial charge >= 0.3 is 6.36 Å². The molecule has 0 fully saturated rings. The summed E-state index contributed by atoms with van der Waals surface area (Å²) in [5, 5.41) is 6.53. The highest BCUT2D eigenvalue weighted by molar-refractivity contribution is 7.80. The Morgan fingerprint density at radius 3 is 2.48 bits per heavy atom. The van der Waals surface area contributed by atoms with Crippen molar-refractivity contribution in [3.05, 3.63) is 52.5 Å². The van der Waals surface area contributed by atoms with Crippen molar-refractivity contribution < 1.29 is 17.9 Å². The van der Waals surface area contributed by atoms with E-state index in [2.05, 4.69) is 15.4 Å². The van der Waals surface area contributed by atoms with Crippen molar-refractivity contribution in [3.63, 3.8) is 0 Å². The molecule has 0 unspecified atom stereocenters. The Bertz CT molecular complexity index is 725. The van der Waals surface area contributed by atoms with Crippen LogP contribution in [-0.4, -0.2) is 11.5 Å². The third kappa shape index (κ3) is 5.78. The van der Waals surface area contributed by atoms with Gasteiger partial charge in [-0.3, -0.25) is 0 Å². The van der Waals surface area contributed by atoms with Gasteiger partial charge in [-0.2, -0.15) is 0 Å². The first-order valence-corrected chi connectivity index (χ1v) is 7.28. The summed E-state index contributed by atoms with van der Waals surface area (Å²) in [6, 6.07) is 10.1. The first-order chi connectivity index (χ1) is 10.7. The Kier molecular flexibility index (Phi) is 5.56. The van der Waals surface area contributed by atoms with Gasteiger partial charge in [-0.25, -0.2) is 0 Å². The number of nitrogens with one attached hydrogen (secondary N) is 2. The number of ether oxygens (including phenoxy) is 1. The molecule has 122 valence electrons. The Labute approximate surface area is 145 Å². The Hall–Kier alpha value is -1.70. The minimum absolute atomic E-state index is 0.137. The van der Waals surface area contributed by atoms with Crippen LogP contribution in [-0.2, 0) is 0 Å². The van der Waals surface area contributed by atoms with Crippen LogP contribution in [0.2, 0.25) is 10.0 Å². The SMILES string of the molecule is FC(F)(F)Oc1cccc(NC(=S)Nc2cc(Cl)ccc2Cl)c1. The molecule has 2 N–H and O–H groups in total. The molecule has 0 aromatic heterocycles. The van der Waals surface area contributed by atoms with Gasteiger partial charge in [0.25, 0.3) is 0 Å². The van der Waals surface area contributed by atoms with E-state index < -0.39 is 6.36 Å². The summed E-state index contributed by atoms with van der Waals surface area (Å²) in [6.07, 6.45) is -4.76. The highest BCUT2D eigenvalue weighted by Gasteiger charge is 2.31. The maximum atomic E-state index is 12.2. The van der Waals surface area contributed by atoms with Crippen LogP contribution < -0.4 is 15.4 Å². The fourth-order valence-electron chi connectivity index (χ4n) is 1.65. The largest absolute Gasteiger partial charge is 0.573 e. The molecule has 0 bridgehead atoms. The molecule has 2 rings (SSSR count). The number of thiocarbonyl (C=S) groups is 1. The van der Waals surface area contributed by atoms with Crippen LogP contribution in [0.4, 0.5) is 24.5 Å². The zero-order chi connectivity index (χ0) is 17.0. The zero-order valence-corrected chi connectivity index (χ0v) is 13.6. The summed E-state index contributed by atoms with van der Waals surface area (Å²) in [5.74, 6) is -0.355. The summed E-state index contributed by atoms with van der Waals surface area (Å²) in [6.45, 7) is 0. The zero-order valence-electron chi connectivity index (χ0n) is 11.2. The van der Waals surface area contributed by atoms with E-state index in [1.54, 1.807) is 18.2 Å². The number of hydrogen-bond acceptors (Lipinski definition) is 2. The van der Waals surface area contributed by atoms with E-state index in [9.17, 15) is 13.2 Å². The van der Waals surface area contributed by atoms with Crippen LogP contribution in [0.1, 0.15) is 0 Å². The third-order valence-electron chi connectivity index (χ3n) is 2.50. The number of anilines is 2. The van der Waals surface area contributed by atoms with E-state index in [1.807, 2.05) is 0 Å². The standard InChI is InChI=1S/C14H9Cl2F3N2OS/c15-8-4-5-11(16)12(6-8)21-13(23)20-9-2-1-3-10(7-9)22-14(17,18)19/h1-7H,(H2,20,21,23). The summed E-state index contributed by atoms with van der Waals surface area (Å²) >= 11 is 16.9. The van der Waals surface area contributed by atoms with Crippen LogP contribution in [0.3, 0.4) is 0 Å². The van der Waals surface area contributed by atoms with Gasteiger partial charge in [0.05, 0.1) is 10.7 Å². The molecular formula is C14H9Cl2F3N2OS. The molecule has 0 aliphatic heterocycles. The maximum Gasteiger partial charge on any atom is 0.573 e. The van der Waals surface area contributed by atoms with Gasteiger partial charge in [-0.15, -0.1) is 13.2 Å². The van der Waals surface area contributed by atoms with Gasteiger partial charge in [0, 0.05) is 16.8 Å². The highest BCUT2D eigenvalue weighted by atomic mass is 35.5. The summed E-state index contributed by atoms with van der Waals surface area (Å²) < 4.78 is 40.4. The third-order valence-corrected chi connectivity index (χ3v) is 3.27. The van der Waals surface area contributed by atoms with E-state index in [1.165, 1.54) is 24.3 Å². The quantitative estimate of drug-likeness (QED) is 0.669. The first-order valence-electron chi connectivity index (χ1n) is 6.12. The molecule has 0 spiro atoms. The molecule has 23 heavy (non-hydrogen) atoms. The summed E-state index contributed by atoms with van der Waals surface area (Å²) in [7, 11) is 0. The number of benzene rings is 2. The molecule has 0 heterocycles. The van der Waals surface area contributed by atoms with Gasteiger partial charge in [0.1, 0.15) is 5.75 Å². The smallest absolute Gasteiger partial charge is 0.406 e. The van der Waals surface area contributed by atoms with E-state index in [4.69, 9.17) is 35.4 Å². The van der Waals surface area contributed by atoms with Crippen LogP contribution in [0.15, 0.2) is 42.5 Å². The minimum Gasteiger partial charge on any atom is -0.406 e. The van der Waals surface area contributed by atoms with E-state index in [0.717, 1.165) is 0 Å². The average molecular weight is 381 g/mol. The predicted octanol–water partition coefficient (Wildman–Crippen LogP) is 5.70. The van der Waals surface area contributed by atoms with Crippen LogP contribution >= 0.6 is 35.4 Å². The van der Waals surface area contributed by atoms with Gasteiger partial charge < -0.3 is 15.4 Å². The number of alkyl halides is 3. The van der Waals surface area contributed by atoms with E-state index in [0.29, 0.717) is 21.4 Å². The first kappa shape index (κ1) is 17.7. The Balaban J connectivity index is 2.05. The summed E-state index contributed by atoms with van der Waals surface area (Å²) in [4.78, 5) is 0. The second kappa shape index (κ2) is 7.25. The van der Waals surface area contributed by atoms with Crippen LogP contribution in [0, 0.1) is 0 Å². The molecule has 0 radical (unpaired) electrons. The van der Waals surface area contributed by atoms with Crippen molar-refractivity contribution in [3.8, 4) is 5.75 Å². The van der Waals surface area contributed by atoms with E-state index in [-0.39, 0.29) is 10.9 Å². The van der Waals surface area contributed by atoms with Crippen molar-refractivity contribution in [2.45, 2.75) is 6.36 Å². The molecule has 9 heteroatoms. The molecule has 0 saturated heterocycles. The van der Waals surface area contributed by atoms with Gasteiger partial charge in [-0.05, 0) is 42.5 Å². The molecule has 2 aromatic rings. The number of halogens is 5. The molecule has 0 amide bonds. The molecule has 0 saturated carbocycles. The van der Waals surface area contributed by atoms with Crippen molar-refractivity contribution in [1.29, 1.82) is 0 Å². The number of hydrogen-bond donors (Lipinski definition) is 2. The highest BCUT2D eigenvalue weighted by Crippen LogP contribution is 2.27. The lowest BCUT2D eigenvalue weighted by molar-refractivity contribution is -0.274. The van der Waals surface area contributed by atoms with Crippen LogP contribution in [0.25, 0.3) is 0 Å². The van der Waals surface area contributed by atoms with E-state index >= 15 is 0 Å². The average Bonchev–Trinajstić information content (AvgIpc) is 2.41. The molecule has 0 aliphatic rings. The van der Waals surface area contributed by atoms with Crippen molar-refractivity contribution in [2.75, 3.05) is 10.6 Å². The van der Waals surface area contributed by atoms with Crippen molar-refractivity contribution in [1.82, 2.24) is 0 Å². The fourth-order valence-corrected chi connectivity index (χ4v) is 2.21. The molecule has 3 nitrogen and oxygen atoms in total. The predicted molar refractivity (Wildman–Crippen MR) is 89.4 cm³/mol. The minimum atomic E-state index is -4.76. The lowest BCUT2D eigenvalue weighted by atomic mass is 10.3. The Morgan fingerprint density at radius 2 is 1.78 bits per heavy atom. The normalized spacial score (nSPS) is 11.0. The molecule has 2 aromatic carbocycles. The summed E-state index contributed by atoms with van der Waals surface area (Å²) in [5.41, 5.74) is 0.793. The number of rotatable bonds is 3. The second-order valence-corrected chi connectivity index (χ2v) is 5.53. The lowest BCUT2D eigenvalue weighted by Crippen LogP contribution is -2.20. The van der Waals surface area contributed by atoms with Crippen molar-refractivity contribution in [2.24, 2.45) is 0 Å². The van der Waals surface area contributed by atoms with Gasteiger partial charge in [-0.1, -0.05) is 29.3 Å². The molecule has 0 aliphatic carbocycles. The van der Waals surface area contributed by atoms with Gasteiger partial charge in [0.2, 0.25) is 0 Å². The Morgan fingerprint density at radius 1 is 1.04 bits per heavy atom. The van der Waals surface area contributed by atoms with Crippen molar-refractivity contribution >= 4 is 51.9 Å². The topological polar surface area (TPSA) is 33.3 Å². The molecular weight excluding hydrogens is 372 g/mol. The molecule has 0 atom stereocenters. The monoisotopic (exact) mass is 380 g/mol. The fraction of sp³-hybridized carbons (Fsp3) is 0.0714. The van der Waals surface area contributed by atoms with Crippen LogP contribution in [0.5, 0.6) is 5.75 Å². The second-order valence-electron chi connectivity index (χ2n) is 4.28. The maximum absolute atomic E-state index is 12.2. The van der Waals surface area contributed by atoms with Gasteiger partial charge in [0.15, 0.2) is 5.11 Å². The lowest BCUT2D eigenvalue weighted by Gasteiger charge is -2.13.